The third-order valence-corrected chi connectivity index (χ3v) is 4.90. The van der Waals surface area contributed by atoms with Gasteiger partial charge in [-0.2, -0.15) is 0 Å². The normalized spacial score (nSPS) is 16.0. The molecule has 0 atom stereocenters. The third-order valence-electron chi connectivity index (χ3n) is 4.06. The number of benzene rings is 1. The summed E-state index contributed by atoms with van der Waals surface area (Å²) in [5.41, 5.74) is 0.579. The highest BCUT2D eigenvalue weighted by molar-refractivity contribution is 7.89. The van der Waals surface area contributed by atoms with Gasteiger partial charge in [-0.15, -0.1) is 0 Å². The summed E-state index contributed by atoms with van der Waals surface area (Å²) in [6.07, 6.45) is 7.33. The van der Waals surface area contributed by atoms with E-state index in [1.165, 1.54) is 38.4 Å². The number of nitrogens with one attached hydrogen (secondary N) is 1. The van der Waals surface area contributed by atoms with Crippen LogP contribution in [-0.4, -0.2) is 33.7 Å². The van der Waals surface area contributed by atoms with Gasteiger partial charge < -0.3 is 10.1 Å². The number of carbonyl (C=O) groups is 1. The molecule has 2 rings (SSSR count). The van der Waals surface area contributed by atoms with Gasteiger partial charge in [-0.3, -0.25) is 4.79 Å². The Labute approximate surface area is 138 Å². The Kier molecular flexibility index (Phi) is 6.45. The lowest BCUT2D eigenvalue weighted by Gasteiger charge is -2.21. The maximum atomic E-state index is 11.9. The van der Waals surface area contributed by atoms with Gasteiger partial charge in [0.25, 0.3) is 5.91 Å². The van der Waals surface area contributed by atoms with E-state index in [1.807, 2.05) is 0 Å². The summed E-state index contributed by atoms with van der Waals surface area (Å²) in [6, 6.07) is 6.92. The first-order valence-corrected chi connectivity index (χ1v) is 10.2. The number of hydrogen-bond donors (Lipinski definition) is 1. The van der Waals surface area contributed by atoms with Crippen molar-refractivity contribution in [3.8, 4) is 5.75 Å². The molecule has 0 bridgehead atoms. The fourth-order valence-electron chi connectivity index (χ4n) is 2.89. The maximum Gasteiger partial charge on any atom is 0.257 e. The molecule has 0 unspecified atom stereocenters. The number of sulfone groups is 1. The van der Waals surface area contributed by atoms with Gasteiger partial charge in [-0.1, -0.05) is 37.5 Å². The fraction of sp³-hybridized carbons (Fsp3) is 0.588. The van der Waals surface area contributed by atoms with Crippen LogP contribution in [0.3, 0.4) is 0 Å². The molecule has 1 aromatic carbocycles. The molecular weight excluding hydrogens is 314 g/mol. The van der Waals surface area contributed by atoms with Crippen LogP contribution in [0.5, 0.6) is 5.75 Å². The number of hydrogen-bond acceptors (Lipinski definition) is 4. The number of rotatable bonds is 7. The highest BCUT2D eigenvalue weighted by atomic mass is 32.2. The van der Waals surface area contributed by atoms with Crippen LogP contribution in [0, 0.1) is 5.92 Å². The van der Waals surface area contributed by atoms with E-state index in [4.69, 9.17) is 4.74 Å². The van der Waals surface area contributed by atoms with E-state index >= 15 is 0 Å². The summed E-state index contributed by atoms with van der Waals surface area (Å²) >= 11 is 0. The molecule has 0 aromatic heterocycles. The average molecular weight is 339 g/mol. The van der Waals surface area contributed by atoms with E-state index in [0.29, 0.717) is 23.8 Å². The van der Waals surface area contributed by atoms with Crippen molar-refractivity contribution in [3.63, 3.8) is 0 Å². The molecule has 23 heavy (non-hydrogen) atoms. The minimum absolute atomic E-state index is 0.0898. The summed E-state index contributed by atoms with van der Waals surface area (Å²) in [4.78, 5) is 11.9. The number of carbonyl (C=O) groups excluding carboxylic acids is 1. The van der Waals surface area contributed by atoms with Gasteiger partial charge in [0, 0.05) is 18.4 Å². The minimum atomic E-state index is -3.14. The summed E-state index contributed by atoms with van der Waals surface area (Å²) < 4.78 is 28.4. The molecule has 1 fully saturated rings. The van der Waals surface area contributed by atoms with Crippen molar-refractivity contribution < 1.29 is 17.9 Å². The molecule has 128 valence electrons. The first-order chi connectivity index (χ1) is 10.9. The second-order valence-electron chi connectivity index (χ2n) is 6.27. The van der Waals surface area contributed by atoms with E-state index in [9.17, 15) is 13.2 Å². The van der Waals surface area contributed by atoms with Crippen LogP contribution in [0.2, 0.25) is 0 Å². The van der Waals surface area contributed by atoms with E-state index in [1.54, 1.807) is 24.3 Å². The van der Waals surface area contributed by atoms with Gasteiger partial charge in [0.05, 0.1) is 5.75 Å². The molecule has 1 N–H and O–H groups in total. The Morgan fingerprint density at radius 3 is 2.61 bits per heavy atom. The van der Waals surface area contributed by atoms with Crippen LogP contribution in [-0.2, 0) is 20.4 Å². The fourth-order valence-corrected chi connectivity index (χ4v) is 3.69. The van der Waals surface area contributed by atoms with Gasteiger partial charge in [-0.25, -0.2) is 8.42 Å². The minimum Gasteiger partial charge on any atom is -0.483 e. The lowest BCUT2D eigenvalue weighted by molar-refractivity contribution is -0.123. The van der Waals surface area contributed by atoms with E-state index < -0.39 is 9.84 Å². The molecular formula is C17H25NO4S. The van der Waals surface area contributed by atoms with Crippen LogP contribution in [0.4, 0.5) is 0 Å². The van der Waals surface area contributed by atoms with Crippen LogP contribution < -0.4 is 10.1 Å². The molecule has 0 spiro atoms. The first-order valence-electron chi connectivity index (χ1n) is 8.09. The molecule has 1 amide bonds. The Morgan fingerprint density at radius 2 is 1.91 bits per heavy atom. The Hall–Kier alpha value is -1.56. The molecule has 5 nitrogen and oxygen atoms in total. The smallest absolute Gasteiger partial charge is 0.257 e. The van der Waals surface area contributed by atoms with Crippen molar-refractivity contribution in [2.45, 2.75) is 37.9 Å². The number of ether oxygens (including phenoxy) is 1. The highest BCUT2D eigenvalue weighted by Crippen LogP contribution is 2.23. The first kappa shape index (κ1) is 17.8. The van der Waals surface area contributed by atoms with Crippen molar-refractivity contribution in [2.24, 2.45) is 5.92 Å². The lowest BCUT2D eigenvalue weighted by Crippen LogP contribution is -2.33. The molecule has 0 aliphatic heterocycles. The average Bonchev–Trinajstić information content (AvgIpc) is 2.51. The van der Waals surface area contributed by atoms with Crippen molar-refractivity contribution in [3.05, 3.63) is 29.8 Å². The summed E-state index contributed by atoms with van der Waals surface area (Å²) in [5, 5.41) is 2.91. The Bertz CT molecular complexity index is 621. The number of para-hydroxylation sites is 1. The maximum absolute atomic E-state index is 11.9. The third kappa shape index (κ3) is 6.60. The molecule has 6 heteroatoms. The monoisotopic (exact) mass is 339 g/mol. The zero-order valence-corrected chi connectivity index (χ0v) is 14.4. The molecule has 0 radical (unpaired) electrons. The molecule has 1 aromatic rings. The van der Waals surface area contributed by atoms with E-state index in [2.05, 4.69) is 5.32 Å². The predicted molar refractivity (Wildman–Crippen MR) is 90.1 cm³/mol. The molecule has 0 saturated heterocycles. The van der Waals surface area contributed by atoms with Crippen LogP contribution in [0.15, 0.2) is 24.3 Å². The van der Waals surface area contributed by atoms with Crippen LogP contribution in [0.25, 0.3) is 0 Å². The van der Waals surface area contributed by atoms with Crippen LogP contribution >= 0.6 is 0 Å². The number of amides is 1. The van der Waals surface area contributed by atoms with Gasteiger partial charge in [-0.05, 0) is 24.8 Å². The van der Waals surface area contributed by atoms with Gasteiger partial charge >= 0.3 is 0 Å². The topological polar surface area (TPSA) is 72.5 Å². The van der Waals surface area contributed by atoms with Crippen molar-refractivity contribution >= 4 is 15.7 Å². The van der Waals surface area contributed by atoms with Gasteiger partial charge in [0.15, 0.2) is 16.4 Å². The standard InChI is InChI=1S/C17H25NO4S/c1-23(20,21)13-15-9-5-6-10-16(15)22-12-17(19)18-11-14-7-3-2-4-8-14/h5-6,9-10,14H,2-4,7-8,11-13H2,1H3,(H,18,19). The Morgan fingerprint density at radius 1 is 1.22 bits per heavy atom. The van der Waals surface area contributed by atoms with Crippen LogP contribution in [0.1, 0.15) is 37.7 Å². The Balaban J connectivity index is 1.81. The lowest BCUT2D eigenvalue weighted by atomic mass is 9.89. The highest BCUT2D eigenvalue weighted by Gasteiger charge is 2.15. The summed E-state index contributed by atoms with van der Waals surface area (Å²) in [7, 11) is -3.14. The second kappa shape index (κ2) is 8.34. The summed E-state index contributed by atoms with van der Waals surface area (Å²) in [5.74, 6) is 0.771. The van der Waals surface area contributed by atoms with E-state index in [0.717, 1.165) is 0 Å². The molecule has 1 saturated carbocycles. The molecule has 1 aliphatic carbocycles. The SMILES string of the molecule is CS(=O)(=O)Cc1ccccc1OCC(=O)NCC1CCCCC1. The van der Waals surface area contributed by atoms with Crippen molar-refractivity contribution in [1.82, 2.24) is 5.32 Å². The van der Waals surface area contributed by atoms with Gasteiger partial charge in [0.1, 0.15) is 5.75 Å². The van der Waals surface area contributed by atoms with Gasteiger partial charge in [0.2, 0.25) is 0 Å². The molecule has 0 heterocycles. The summed E-state index contributed by atoms with van der Waals surface area (Å²) in [6.45, 7) is 0.612. The molecule has 1 aliphatic rings. The zero-order valence-electron chi connectivity index (χ0n) is 13.6. The van der Waals surface area contributed by atoms with Crippen molar-refractivity contribution in [1.29, 1.82) is 0 Å². The quantitative estimate of drug-likeness (QED) is 0.827. The largest absolute Gasteiger partial charge is 0.483 e. The van der Waals surface area contributed by atoms with E-state index in [-0.39, 0.29) is 18.3 Å². The predicted octanol–water partition coefficient (Wildman–Crippen LogP) is 2.31. The second-order valence-corrected chi connectivity index (χ2v) is 8.41. The van der Waals surface area contributed by atoms with Crippen molar-refractivity contribution in [2.75, 3.05) is 19.4 Å². The zero-order chi connectivity index (χ0) is 16.7.